The number of thioether (sulfide) groups is 1. The van der Waals surface area contributed by atoms with Gasteiger partial charge in [0.2, 0.25) is 0 Å². The minimum Gasteiger partial charge on any atom is -0.394 e. The summed E-state index contributed by atoms with van der Waals surface area (Å²) < 4.78 is 18.3. The Morgan fingerprint density at radius 2 is 1.95 bits per heavy atom. The molecule has 2 rings (SSSR count). The highest BCUT2D eigenvalue weighted by Crippen LogP contribution is 2.34. The Bertz CT molecular complexity index is 526. The quantitative estimate of drug-likeness (QED) is 0.436. The highest BCUT2D eigenvalue weighted by molar-refractivity contribution is 7.99. The summed E-state index contributed by atoms with van der Waals surface area (Å²) in [5.41, 5.74) is 7.76. The molecule has 0 radical (unpaired) electrons. The molecule has 1 aliphatic rings. The molecule has 5 atom stereocenters. The number of hydrogen-bond donors (Lipinski definition) is 3. The van der Waals surface area contributed by atoms with E-state index in [4.69, 9.17) is 15.4 Å². The number of azide groups is 1. The highest BCUT2D eigenvalue weighted by Gasteiger charge is 2.44. The number of hydrogen-bond acceptors (Lipinski definition) is 6. The van der Waals surface area contributed by atoms with Crippen LogP contribution in [0.5, 0.6) is 0 Å². The first-order chi connectivity index (χ1) is 10.1. The van der Waals surface area contributed by atoms with E-state index in [1.165, 1.54) is 24.3 Å². The number of ether oxygens (including phenoxy) is 1. The first-order valence-corrected chi connectivity index (χ1v) is 7.03. The van der Waals surface area contributed by atoms with Crippen LogP contribution in [-0.2, 0) is 4.74 Å². The third kappa shape index (κ3) is 3.65. The van der Waals surface area contributed by atoms with Crippen molar-refractivity contribution in [2.24, 2.45) is 5.11 Å². The van der Waals surface area contributed by atoms with Gasteiger partial charge in [0.05, 0.1) is 12.7 Å². The Balaban J connectivity index is 2.20. The van der Waals surface area contributed by atoms with Crippen molar-refractivity contribution in [2.45, 2.75) is 34.7 Å². The molecule has 0 spiro atoms. The van der Waals surface area contributed by atoms with Crippen LogP contribution in [0.2, 0.25) is 0 Å². The van der Waals surface area contributed by atoms with Crippen molar-refractivity contribution >= 4 is 11.8 Å². The molecule has 0 amide bonds. The lowest BCUT2D eigenvalue weighted by atomic mass is 9.99. The molecule has 1 aromatic carbocycles. The molecule has 0 bridgehead atoms. The van der Waals surface area contributed by atoms with Crippen molar-refractivity contribution in [3.63, 3.8) is 0 Å². The fraction of sp³-hybridized carbons (Fsp3) is 0.500. The van der Waals surface area contributed by atoms with Gasteiger partial charge in [-0.25, -0.2) is 4.39 Å². The van der Waals surface area contributed by atoms with Gasteiger partial charge < -0.3 is 20.1 Å². The molecule has 9 heteroatoms. The highest BCUT2D eigenvalue weighted by atomic mass is 32.2. The van der Waals surface area contributed by atoms with Crippen LogP contribution in [0.1, 0.15) is 0 Å². The molecule has 114 valence electrons. The number of benzene rings is 1. The summed E-state index contributed by atoms with van der Waals surface area (Å²) in [7, 11) is 0. The van der Waals surface area contributed by atoms with Gasteiger partial charge in [-0.1, -0.05) is 16.9 Å². The van der Waals surface area contributed by atoms with Crippen LogP contribution in [0.3, 0.4) is 0 Å². The van der Waals surface area contributed by atoms with E-state index in [1.807, 2.05) is 0 Å². The second-order valence-electron chi connectivity index (χ2n) is 4.47. The molecule has 0 aromatic heterocycles. The second kappa shape index (κ2) is 7.08. The van der Waals surface area contributed by atoms with Gasteiger partial charge in [0.25, 0.3) is 0 Å². The average Bonchev–Trinajstić information content (AvgIpc) is 2.49. The van der Waals surface area contributed by atoms with Crippen LogP contribution in [0.25, 0.3) is 10.4 Å². The zero-order valence-corrected chi connectivity index (χ0v) is 11.6. The molecule has 21 heavy (non-hydrogen) atoms. The van der Waals surface area contributed by atoms with Crippen molar-refractivity contribution in [1.82, 2.24) is 0 Å². The van der Waals surface area contributed by atoms with Gasteiger partial charge in [-0.3, -0.25) is 0 Å². The summed E-state index contributed by atoms with van der Waals surface area (Å²) in [6.07, 6.45) is -3.69. The molecule has 0 aliphatic carbocycles. The molecule has 1 saturated heterocycles. The van der Waals surface area contributed by atoms with Crippen LogP contribution in [0.15, 0.2) is 34.3 Å². The van der Waals surface area contributed by atoms with E-state index in [0.29, 0.717) is 4.90 Å². The third-order valence-corrected chi connectivity index (χ3v) is 4.27. The smallest absolute Gasteiger partial charge is 0.123 e. The van der Waals surface area contributed by atoms with E-state index in [2.05, 4.69) is 10.0 Å². The normalized spacial score (nSPS) is 32.5. The second-order valence-corrected chi connectivity index (χ2v) is 5.65. The largest absolute Gasteiger partial charge is 0.394 e. The first kappa shape index (κ1) is 16.0. The monoisotopic (exact) mass is 315 g/mol. The maximum absolute atomic E-state index is 12.9. The van der Waals surface area contributed by atoms with Gasteiger partial charge in [-0.05, 0) is 29.8 Å². The van der Waals surface area contributed by atoms with E-state index in [1.54, 1.807) is 0 Å². The SMILES string of the molecule is [N-]=[N+]=N[C@@H]1[C@@H](O)[C@H](O)[C@@H](CO)O[C@H]1Sc1ccc(F)cc1. The van der Waals surface area contributed by atoms with Gasteiger partial charge in [-0.2, -0.15) is 0 Å². The van der Waals surface area contributed by atoms with Gasteiger partial charge in [-0.15, -0.1) is 0 Å². The van der Waals surface area contributed by atoms with Crippen molar-refractivity contribution in [3.05, 3.63) is 40.5 Å². The molecule has 3 N–H and O–H groups in total. The van der Waals surface area contributed by atoms with Crippen LogP contribution in [0.4, 0.5) is 4.39 Å². The van der Waals surface area contributed by atoms with Crippen LogP contribution >= 0.6 is 11.8 Å². The lowest BCUT2D eigenvalue weighted by Gasteiger charge is -2.40. The average molecular weight is 315 g/mol. The fourth-order valence-corrected chi connectivity index (χ4v) is 3.11. The predicted octanol–water partition coefficient (Wildman–Crippen LogP) is 1.04. The van der Waals surface area contributed by atoms with Crippen molar-refractivity contribution < 1.29 is 24.4 Å². The Kier molecular flexibility index (Phi) is 5.40. The minimum absolute atomic E-state index is 0.390. The number of rotatable bonds is 4. The molecule has 7 nitrogen and oxygen atoms in total. The van der Waals surface area contributed by atoms with E-state index < -0.39 is 36.4 Å². The summed E-state index contributed by atoms with van der Waals surface area (Å²) >= 11 is 1.11. The Morgan fingerprint density at radius 3 is 2.52 bits per heavy atom. The summed E-state index contributed by atoms with van der Waals surface area (Å²) in [6, 6.07) is 4.54. The molecular weight excluding hydrogens is 301 g/mol. The van der Waals surface area contributed by atoms with Crippen molar-refractivity contribution in [2.75, 3.05) is 6.61 Å². The van der Waals surface area contributed by atoms with Gasteiger partial charge in [0.1, 0.15) is 29.5 Å². The Morgan fingerprint density at radius 1 is 1.29 bits per heavy atom. The topological polar surface area (TPSA) is 119 Å². The fourth-order valence-electron chi connectivity index (χ4n) is 1.99. The molecule has 0 saturated carbocycles. The van der Waals surface area contributed by atoms with Crippen molar-refractivity contribution in [1.29, 1.82) is 0 Å². The van der Waals surface area contributed by atoms with Crippen molar-refractivity contribution in [3.8, 4) is 0 Å². The standard InChI is InChI=1S/C12H14FN3O4S/c13-6-1-3-7(4-2-6)21-12-9(15-16-14)11(19)10(18)8(5-17)20-12/h1-4,8-12,17-19H,5H2/t8-,9-,10-,11-,12+/m1/s1. The molecule has 1 heterocycles. The van der Waals surface area contributed by atoms with Gasteiger partial charge in [0, 0.05) is 9.81 Å². The van der Waals surface area contributed by atoms with E-state index in [0.717, 1.165) is 11.8 Å². The van der Waals surface area contributed by atoms with Gasteiger partial charge in [0.15, 0.2) is 0 Å². The van der Waals surface area contributed by atoms with Crippen LogP contribution in [0, 0.1) is 5.82 Å². The Labute approximate surface area is 124 Å². The zero-order chi connectivity index (χ0) is 15.4. The summed E-state index contributed by atoms with van der Waals surface area (Å²) in [4.78, 5) is 3.28. The van der Waals surface area contributed by atoms with Crippen LogP contribution < -0.4 is 0 Å². The molecular formula is C12H14FN3O4S. The van der Waals surface area contributed by atoms with Gasteiger partial charge >= 0.3 is 0 Å². The maximum atomic E-state index is 12.9. The number of aliphatic hydroxyl groups is 3. The molecule has 1 aliphatic heterocycles. The number of halogens is 1. The molecule has 0 unspecified atom stereocenters. The van der Waals surface area contributed by atoms with Crippen LogP contribution in [-0.4, -0.2) is 51.7 Å². The first-order valence-electron chi connectivity index (χ1n) is 6.15. The summed E-state index contributed by atoms with van der Waals surface area (Å²) in [5.74, 6) is -0.390. The number of nitrogens with zero attached hydrogens (tertiary/aromatic N) is 3. The molecule has 1 fully saturated rings. The minimum atomic E-state index is -1.36. The lowest BCUT2D eigenvalue weighted by molar-refractivity contribution is -0.165. The Hall–Kier alpha value is -1.35. The molecule has 1 aromatic rings. The third-order valence-electron chi connectivity index (χ3n) is 3.10. The zero-order valence-electron chi connectivity index (χ0n) is 10.8. The van der Waals surface area contributed by atoms with E-state index >= 15 is 0 Å². The number of aliphatic hydroxyl groups excluding tert-OH is 3. The lowest BCUT2D eigenvalue weighted by Crippen LogP contribution is -2.56. The maximum Gasteiger partial charge on any atom is 0.123 e. The predicted molar refractivity (Wildman–Crippen MR) is 73.0 cm³/mol. The van der Waals surface area contributed by atoms with E-state index in [-0.39, 0.29) is 5.82 Å². The summed E-state index contributed by atoms with van der Waals surface area (Å²) in [5, 5.41) is 32.4. The summed E-state index contributed by atoms with van der Waals surface area (Å²) in [6.45, 7) is -0.484. The van der Waals surface area contributed by atoms with E-state index in [9.17, 15) is 14.6 Å².